The number of hydrogen-bond acceptors (Lipinski definition) is 0. The lowest BCUT2D eigenvalue weighted by Gasteiger charge is -2.22. The van der Waals surface area contributed by atoms with E-state index in [2.05, 4.69) is 68.4 Å². The van der Waals surface area contributed by atoms with E-state index in [1.54, 1.807) is 0 Å². The predicted molar refractivity (Wildman–Crippen MR) is 80.3 cm³/mol. The summed E-state index contributed by atoms with van der Waals surface area (Å²) in [5.74, 6) is 0. The van der Waals surface area contributed by atoms with Gasteiger partial charge in [0.05, 0.1) is 0 Å². The molecule has 19 heavy (non-hydrogen) atoms. The van der Waals surface area contributed by atoms with Crippen LogP contribution in [-0.4, -0.2) is 0 Å². The van der Waals surface area contributed by atoms with E-state index in [4.69, 9.17) is 0 Å². The Kier molecular flexibility index (Phi) is 1.98. The van der Waals surface area contributed by atoms with Gasteiger partial charge in [0.15, 0.2) is 0 Å². The van der Waals surface area contributed by atoms with Crippen LogP contribution in [0.1, 0.15) is 25.0 Å². The first-order valence-electron chi connectivity index (χ1n) is 6.73. The molecule has 1 aliphatic rings. The molecular weight excluding hydrogens is 228 g/mol. The SMILES string of the molecule is CC1(C)c2[c]cccc2-c2ccc3ccccc3c21. The van der Waals surface area contributed by atoms with Crippen LogP contribution in [0.4, 0.5) is 0 Å². The van der Waals surface area contributed by atoms with Crippen LogP contribution in [0.15, 0.2) is 54.6 Å². The zero-order valence-corrected chi connectivity index (χ0v) is 11.2. The molecule has 0 nitrogen and oxygen atoms in total. The van der Waals surface area contributed by atoms with Gasteiger partial charge in [0.1, 0.15) is 0 Å². The highest BCUT2D eigenvalue weighted by atomic mass is 14.4. The second-order valence-corrected chi connectivity index (χ2v) is 5.79. The fourth-order valence-corrected chi connectivity index (χ4v) is 3.47. The van der Waals surface area contributed by atoms with E-state index in [0.29, 0.717) is 0 Å². The summed E-state index contributed by atoms with van der Waals surface area (Å²) >= 11 is 0. The van der Waals surface area contributed by atoms with Crippen molar-refractivity contribution in [2.45, 2.75) is 19.3 Å². The van der Waals surface area contributed by atoms with Crippen molar-refractivity contribution >= 4 is 10.8 Å². The minimum absolute atomic E-state index is 0.0345. The summed E-state index contributed by atoms with van der Waals surface area (Å²) < 4.78 is 0. The zero-order valence-electron chi connectivity index (χ0n) is 11.2. The molecule has 0 saturated carbocycles. The smallest absolute Gasteiger partial charge is 0.0171 e. The van der Waals surface area contributed by atoms with Crippen molar-refractivity contribution < 1.29 is 0 Å². The summed E-state index contributed by atoms with van der Waals surface area (Å²) in [4.78, 5) is 0. The first-order chi connectivity index (χ1) is 9.19. The van der Waals surface area contributed by atoms with E-state index in [1.165, 1.54) is 33.0 Å². The molecule has 0 fully saturated rings. The lowest BCUT2D eigenvalue weighted by Crippen LogP contribution is -2.15. The summed E-state index contributed by atoms with van der Waals surface area (Å²) in [5, 5.41) is 2.69. The maximum Gasteiger partial charge on any atom is 0.0171 e. The Balaban J connectivity index is 2.20. The molecular formula is C19H15. The van der Waals surface area contributed by atoms with Crippen LogP contribution in [0.3, 0.4) is 0 Å². The fraction of sp³-hybridized carbons (Fsp3) is 0.158. The van der Waals surface area contributed by atoms with Crippen LogP contribution >= 0.6 is 0 Å². The number of fused-ring (bicyclic) bond motifs is 5. The summed E-state index contributed by atoms with van der Waals surface area (Å²) in [5.41, 5.74) is 5.51. The minimum Gasteiger partial charge on any atom is -0.0616 e. The Hall–Kier alpha value is -2.08. The molecule has 0 aromatic heterocycles. The van der Waals surface area contributed by atoms with Crippen molar-refractivity contribution in [3.63, 3.8) is 0 Å². The third-order valence-electron chi connectivity index (χ3n) is 4.33. The average molecular weight is 243 g/mol. The highest BCUT2D eigenvalue weighted by molar-refractivity contribution is 5.97. The van der Waals surface area contributed by atoms with Crippen molar-refractivity contribution in [2.75, 3.05) is 0 Å². The van der Waals surface area contributed by atoms with Gasteiger partial charge in [-0.3, -0.25) is 0 Å². The Bertz CT molecular complexity index is 794. The van der Waals surface area contributed by atoms with E-state index in [0.717, 1.165) is 0 Å². The topological polar surface area (TPSA) is 0 Å². The van der Waals surface area contributed by atoms with Gasteiger partial charge in [0, 0.05) is 5.41 Å². The maximum atomic E-state index is 3.45. The van der Waals surface area contributed by atoms with Gasteiger partial charge in [-0.1, -0.05) is 68.4 Å². The molecule has 0 unspecified atom stereocenters. The average Bonchev–Trinajstić information content (AvgIpc) is 2.68. The lowest BCUT2D eigenvalue weighted by molar-refractivity contribution is 0.665. The molecule has 3 aromatic carbocycles. The first kappa shape index (κ1) is 10.8. The molecule has 3 aromatic rings. The zero-order chi connectivity index (χ0) is 13.0. The molecule has 1 aliphatic carbocycles. The molecule has 0 heterocycles. The van der Waals surface area contributed by atoms with Gasteiger partial charge in [-0.05, 0) is 39.1 Å². The predicted octanol–water partition coefficient (Wildman–Crippen LogP) is 4.95. The summed E-state index contributed by atoms with van der Waals surface area (Å²) in [6.07, 6.45) is 0. The molecule has 0 atom stereocenters. The van der Waals surface area contributed by atoms with Crippen molar-refractivity contribution in [1.82, 2.24) is 0 Å². The van der Waals surface area contributed by atoms with E-state index in [-0.39, 0.29) is 5.41 Å². The standard InChI is InChI=1S/C19H15/c1-19(2)17-10-6-5-9-15(17)16-12-11-13-7-3-4-8-14(13)18(16)19/h3-9,11-12H,1-2H3. The van der Waals surface area contributed by atoms with Crippen molar-refractivity contribution in [2.24, 2.45) is 0 Å². The second kappa shape index (κ2) is 3.48. The van der Waals surface area contributed by atoms with E-state index < -0.39 is 0 Å². The van der Waals surface area contributed by atoms with Crippen LogP contribution in [0.2, 0.25) is 0 Å². The van der Waals surface area contributed by atoms with Crippen molar-refractivity contribution in [3.8, 4) is 11.1 Å². The van der Waals surface area contributed by atoms with Crippen LogP contribution in [0.5, 0.6) is 0 Å². The maximum absolute atomic E-state index is 3.45. The first-order valence-corrected chi connectivity index (χ1v) is 6.73. The van der Waals surface area contributed by atoms with Crippen LogP contribution in [0, 0.1) is 6.07 Å². The lowest BCUT2D eigenvalue weighted by atomic mass is 9.80. The molecule has 0 bridgehead atoms. The van der Waals surface area contributed by atoms with Crippen LogP contribution in [-0.2, 0) is 5.41 Å². The third-order valence-corrected chi connectivity index (χ3v) is 4.33. The Morgan fingerprint density at radius 2 is 1.68 bits per heavy atom. The molecule has 1 radical (unpaired) electrons. The summed E-state index contributed by atoms with van der Waals surface area (Å²) in [6, 6.07) is 22.9. The molecule has 0 heteroatoms. The Labute approximate surface area is 113 Å². The molecule has 91 valence electrons. The van der Waals surface area contributed by atoms with Crippen LogP contribution in [0.25, 0.3) is 21.9 Å². The van der Waals surface area contributed by atoms with Crippen molar-refractivity contribution in [3.05, 3.63) is 71.8 Å². The van der Waals surface area contributed by atoms with E-state index in [9.17, 15) is 0 Å². The summed E-state index contributed by atoms with van der Waals surface area (Å²) in [6.45, 7) is 4.61. The van der Waals surface area contributed by atoms with E-state index in [1.807, 2.05) is 6.07 Å². The van der Waals surface area contributed by atoms with Gasteiger partial charge in [0.2, 0.25) is 0 Å². The Morgan fingerprint density at radius 1 is 0.842 bits per heavy atom. The van der Waals surface area contributed by atoms with Gasteiger partial charge in [-0.15, -0.1) is 0 Å². The molecule has 0 saturated heterocycles. The third kappa shape index (κ3) is 1.29. The quantitative estimate of drug-likeness (QED) is 0.524. The minimum atomic E-state index is 0.0345. The largest absolute Gasteiger partial charge is 0.0616 e. The Morgan fingerprint density at radius 3 is 2.58 bits per heavy atom. The van der Waals surface area contributed by atoms with Gasteiger partial charge in [-0.25, -0.2) is 0 Å². The monoisotopic (exact) mass is 243 g/mol. The fourth-order valence-electron chi connectivity index (χ4n) is 3.47. The number of benzene rings is 3. The summed E-state index contributed by atoms with van der Waals surface area (Å²) in [7, 11) is 0. The second-order valence-electron chi connectivity index (χ2n) is 5.79. The molecule has 4 rings (SSSR count). The number of hydrogen-bond donors (Lipinski definition) is 0. The van der Waals surface area contributed by atoms with Crippen LogP contribution < -0.4 is 0 Å². The van der Waals surface area contributed by atoms with Gasteiger partial charge in [0.25, 0.3) is 0 Å². The normalized spacial score (nSPS) is 15.3. The van der Waals surface area contributed by atoms with E-state index >= 15 is 0 Å². The van der Waals surface area contributed by atoms with Gasteiger partial charge >= 0.3 is 0 Å². The molecule has 0 aliphatic heterocycles. The highest BCUT2D eigenvalue weighted by Crippen LogP contribution is 2.50. The van der Waals surface area contributed by atoms with Gasteiger partial charge in [-0.2, -0.15) is 0 Å². The molecule has 0 amide bonds. The number of rotatable bonds is 0. The van der Waals surface area contributed by atoms with Crippen molar-refractivity contribution in [1.29, 1.82) is 0 Å². The van der Waals surface area contributed by atoms with Gasteiger partial charge < -0.3 is 0 Å². The molecule has 0 spiro atoms. The highest BCUT2D eigenvalue weighted by Gasteiger charge is 2.36. The molecule has 0 N–H and O–H groups in total.